The van der Waals surface area contributed by atoms with Crippen LogP contribution in [0.2, 0.25) is 0 Å². The first-order chi connectivity index (χ1) is 13.1. The molecule has 0 heterocycles. The summed E-state index contributed by atoms with van der Waals surface area (Å²) >= 11 is 0. The molecule has 28 heavy (non-hydrogen) atoms. The molecule has 1 aromatic rings. The molecular weight excluding hydrogens is 360 g/mol. The number of nitrogens with zero attached hydrogens (tertiary/aromatic N) is 1. The molecule has 1 aliphatic carbocycles. The van der Waals surface area contributed by atoms with Gasteiger partial charge in [0, 0.05) is 25.7 Å². The van der Waals surface area contributed by atoms with Gasteiger partial charge in [-0.3, -0.25) is 4.79 Å². The number of carbonyl (C=O) groups is 3. The molecule has 1 atom stereocenters. The van der Waals surface area contributed by atoms with Crippen molar-refractivity contribution in [1.82, 2.24) is 15.5 Å². The normalized spacial score (nSPS) is 14.7. The van der Waals surface area contributed by atoms with Crippen molar-refractivity contribution in [3.8, 4) is 0 Å². The fourth-order valence-electron chi connectivity index (χ4n) is 2.91. The van der Waals surface area contributed by atoms with Gasteiger partial charge in [0.15, 0.2) is 0 Å². The second-order valence-corrected chi connectivity index (χ2v) is 8.12. The van der Waals surface area contributed by atoms with Gasteiger partial charge in [0.05, 0.1) is 6.04 Å². The number of primary amides is 1. The Kier molecular flexibility index (Phi) is 6.88. The predicted octanol–water partition coefficient (Wildman–Crippen LogP) is 2.23. The predicted molar refractivity (Wildman–Crippen MR) is 106 cm³/mol. The van der Waals surface area contributed by atoms with Gasteiger partial charge in [0.1, 0.15) is 5.60 Å². The van der Waals surface area contributed by atoms with Crippen molar-refractivity contribution >= 4 is 18.0 Å². The summed E-state index contributed by atoms with van der Waals surface area (Å²) in [6.45, 7) is 6.09. The van der Waals surface area contributed by atoms with Crippen molar-refractivity contribution in [3.63, 3.8) is 0 Å². The lowest BCUT2D eigenvalue weighted by Crippen LogP contribution is -2.47. The maximum absolute atomic E-state index is 12.9. The fourth-order valence-corrected chi connectivity index (χ4v) is 2.91. The fraction of sp³-hybridized carbons (Fsp3) is 0.550. The average Bonchev–Trinajstić information content (AvgIpc) is 3.43. The van der Waals surface area contributed by atoms with Crippen LogP contribution in [0.25, 0.3) is 0 Å². The van der Waals surface area contributed by atoms with Gasteiger partial charge in [-0.2, -0.15) is 0 Å². The third-order valence-electron chi connectivity index (χ3n) is 4.51. The number of urea groups is 1. The first-order valence-corrected chi connectivity index (χ1v) is 9.43. The molecule has 0 aromatic heterocycles. The highest BCUT2D eigenvalue weighted by molar-refractivity contribution is 5.94. The molecule has 0 radical (unpaired) electrons. The van der Waals surface area contributed by atoms with Crippen LogP contribution in [0.1, 0.15) is 49.5 Å². The quantitative estimate of drug-likeness (QED) is 0.662. The summed E-state index contributed by atoms with van der Waals surface area (Å²) in [5.41, 5.74) is 5.90. The standard InChI is InChI=1S/C20H30N4O4/c1-20(2,3)28-19(27)23-12-16(14-9-10-14)24(4)17(25)15-7-5-13(6-8-15)11-22-18(21)26/h5-8,14,16H,9-12H2,1-4H3,(H,23,27)(H3,21,22,26). The zero-order chi connectivity index (χ0) is 20.9. The van der Waals surface area contributed by atoms with Crippen molar-refractivity contribution in [2.75, 3.05) is 13.6 Å². The van der Waals surface area contributed by atoms with Crippen molar-refractivity contribution in [3.05, 3.63) is 35.4 Å². The Morgan fingerprint density at radius 2 is 1.79 bits per heavy atom. The van der Waals surface area contributed by atoms with E-state index in [4.69, 9.17) is 10.5 Å². The minimum absolute atomic E-state index is 0.0868. The summed E-state index contributed by atoms with van der Waals surface area (Å²) < 4.78 is 5.27. The first-order valence-electron chi connectivity index (χ1n) is 9.43. The number of nitrogens with one attached hydrogen (secondary N) is 2. The largest absolute Gasteiger partial charge is 0.444 e. The number of alkyl carbamates (subject to hydrolysis) is 1. The second-order valence-electron chi connectivity index (χ2n) is 8.12. The number of ether oxygens (including phenoxy) is 1. The molecule has 1 aliphatic rings. The molecule has 154 valence electrons. The van der Waals surface area contributed by atoms with E-state index >= 15 is 0 Å². The molecule has 1 aromatic carbocycles. The third kappa shape index (κ3) is 6.75. The maximum atomic E-state index is 12.9. The summed E-state index contributed by atoms with van der Waals surface area (Å²) in [5.74, 6) is 0.264. The molecular formula is C20H30N4O4. The number of hydrogen-bond donors (Lipinski definition) is 3. The molecule has 8 nitrogen and oxygen atoms in total. The first kappa shape index (κ1) is 21.5. The van der Waals surface area contributed by atoms with Gasteiger partial charge in [-0.05, 0) is 57.2 Å². The van der Waals surface area contributed by atoms with Gasteiger partial charge in [-0.25, -0.2) is 9.59 Å². The van der Waals surface area contributed by atoms with E-state index in [0.29, 0.717) is 24.6 Å². The number of benzene rings is 1. The Balaban J connectivity index is 1.96. The van der Waals surface area contributed by atoms with Gasteiger partial charge < -0.3 is 26.0 Å². The van der Waals surface area contributed by atoms with Crippen LogP contribution in [0.5, 0.6) is 0 Å². The molecule has 0 aliphatic heterocycles. The van der Waals surface area contributed by atoms with Crippen LogP contribution in [-0.2, 0) is 11.3 Å². The van der Waals surface area contributed by atoms with E-state index in [1.54, 1.807) is 36.2 Å². The van der Waals surface area contributed by atoms with Gasteiger partial charge >= 0.3 is 12.1 Å². The monoisotopic (exact) mass is 390 g/mol. The minimum Gasteiger partial charge on any atom is -0.444 e. The Bertz CT molecular complexity index is 708. The third-order valence-corrected chi connectivity index (χ3v) is 4.51. The van der Waals surface area contributed by atoms with Gasteiger partial charge in [-0.15, -0.1) is 0 Å². The summed E-state index contributed by atoms with van der Waals surface area (Å²) in [6, 6.07) is 6.33. The molecule has 0 saturated heterocycles. The van der Waals surface area contributed by atoms with Crippen LogP contribution < -0.4 is 16.4 Å². The van der Waals surface area contributed by atoms with E-state index < -0.39 is 17.7 Å². The van der Waals surface area contributed by atoms with Crippen LogP contribution in [0.3, 0.4) is 0 Å². The van der Waals surface area contributed by atoms with Gasteiger partial charge in [-0.1, -0.05) is 12.1 Å². The second kappa shape index (κ2) is 8.95. The summed E-state index contributed by atoms with van der Waals surface area (Å²) in [4.78, 5) is 37.3. The van der Waals surface area contributed by atoms with E-state index in [2.05, 4.69) is 10.6 Å². The molecule has 1 unspecified atom stereocenters. The van der Waals surface area contributed by atoms with Gasteiger partial charge in [0.25, 0.3) is 5.91 Å². The molecule has 1 fully saturated rings. The smallest absolute Gasteiger partial charge is 0.407 e. The number of rotatable bonds is 7. The highest BCUT2D eigenvalue weighted by atomic mass is 16.6. The molecule has 0 spiro atoms. The van der Waals surface area contributed by atoms with Crippen LogP contribution in [-0.4, -0.2) is 48.2 Å². The van der Waals surface area contributed by atoms with Crippen molar-refractivity contribution in [2.45, 2.75) is 51.8 Å². The number of nitrogens with two attached hydrogens (primary N) is 1. The maximum Gasteiger partial charge on any atom is 0.407 e. The molecule has 0 bridgehead atoms. The zero-order valence-corrected chi connectivity index (χ0v) is 17.0. The highest BCUT2D eigenvalue weighted by Crippen LogP contribution is 2.35. The topological polar surface area (TPSA) is 114 Å². The van der Waals surface area contributed by atoms with E-state index in [1.165, 1.54) is 0 Å². The van der Waals surface area contributed by atoms with Crippen LogP contribution in [0.15, 0.2) is 24.3 Å². The number of hydrogen-bond acceptors (Lipinski definition) is 4. The van der Waals surface area contributed by atoms with Crippen molar-refractivity contribution in [2.24, 2.45) is 11.7 Å². The Hall–Kier alpha value is -2.77. The summed E-state index contributed by atoms with van der Waals surface area (Å²) in [6.07, 6.45) is 1.59. The zero-order valence-electron chi connectivity index (χ0n) is 17.0. The number of carbonyl (C=O) groups excluding carboxylic acids is 3. The number of likely N-dealkylation sites (N-methyl/N-ethyl adjacent to an activating group) is 1. The Labute approximate surface area is 165 Å². The minimum atomic E-state index is -0.593. The van der Waals surface area contributed by atoms with Gasteiger partial charge in [0.2, 0.25) is 0 Å². The van der Waals surface area contributed by atoms with Crippen LogP contribution >= 0.6 is 0 Å². The average molecular weight is 390 g/mol. The summed E-state index contributed by atoms with van der Waals surface area (Å²) in [7, 11) is 1.75. The van der Waals surface area contributed by atoms with E-state index in [0.717, 1.165) is 18.4 Å². The molecule has 1 saturated carbocycles. The molecule has 8 heteroatoms. The lowest BCUT2D eigenvalue weighted by atomic mass is 10.1. The van der Waals surface area contributed by atoms with Crippen molar-refractivity contribution < 1.29 is 19.1 Å². The SMILES string of the molecule is CN(C(=O)c1ccc(CNC(N)=O)cc1)C(CNC(=O)OC(C)(C)C)C1CC1. The highest BCUT2D eigenvalue weighted by Gasteiger charge is 2.36. The van der Waals surface area contributed by atoms with E-state index in [9.17, 15) is 14.4 Å². The van der Waals surface area contributed by atoms with Crippen LogP contribution in [0, 0.1) is 5.92 Å². The van der Waals surface area contributed by atoms with Crippen LogP contribution in [0.4, 0.5) is 9.59 Å². The lowest BCUT2D eigenvalue weighted by molar-refractivity contribution is 0.0491. The Morgan fingerprint density at radius 3 is 2.29 bits per heavy atom. The van der Waals surface area contributed by atoms with Crippen molar-refractivity contribution in [1.29, 1.82) is 0 Å². The lowest BCUT2D eigenvalue weighted by Gasteiger charge is -2.29. The van der Waals surface area contributed by atoms with E-state index in [-0.39, 0.29) is 11.9 Å². The number of amides is 4. The molecule has 4 N–H and O–H groups in total. The molecule has 4 amide bonds. The Morgan fingerprint density at radius 1 is 1.18 bits per heavy atom. The van der Waals surface area contributed by atoms with E-state index in [1.807, 2.05) is 20.8 Å². The summed E-state index contributed by atoms with van der Waals surface area (Å²) in [5, 5.41) is 5.29. The molecule has 2 rings (SSSR count).